The second-order valence-electron chi connectivity index (χ2n) is 10.4. The fraction of sp³-hybridized carbons (Fsp3) is 0.500. The van der Waals surface area contributed by atoms with Crippen molar-refractivity contribution in [1.82, 2.24) is 14.8 Å². The van der Waals surface area contributed by atoms with Gasteiger partial charge in [0, 0.05) is 37.7 Å². The molecular weight excluding hydrogens is 435 g/mol. The number of halogens is 1. The molecule has 0 saturated heterocycles. The molecule has 1 aliphatic heterocycles. The van der Waals surface area contributed by atoms with E-state index in [-0.39, 0.29) is 29.2 Å². The average Bonchev–Trinajstić information content (AvgIpc) is 3.19. The molecule has 0 radical (unpaired) electrons. The fourth-order valence-corrected chi connectivity index (χ4v) is 4.17. The predicted molar refractivity (Wildman–Crippen MR) is 131 cm³/mol. The van der Waals surface area contributed by atoms with Crippen molar-refractivity contribution in [3.05, 3.63) is 63.3 Å². The molecule has 0 spiro atoms. The molecule has 1 aromatic carbocycles. The van der Waals surface area contributed by atoms with Gasteiger partial charge in [-0.15, -0.1) is 0 Å². The summed E-state index contributed by atoms with van der Waals surface area (Å²) in [5.41, 5.74) is 2.18. The molecule has 0 bridgehead atoms. The van der Waals surface area contributed by atoms with E-state index in [9.17, 15) is 18.8 Å². The van der Waals surface area contributed by atoms with Gasteiger partial charge in [-0.2, -0.15) is 0 Å². The minimum absolute atomic E-state index is 0.127. The van der Waals surface area contributed by atoms with Crippen LogP contribution in [0.1, 0.15) is 44.5 Å². The third-order valence-corrected chi connectivity index (χ3v) is 6.58. The Morgan fingerprint density at radius 3 is 2.35 bits per heavy atom. The van der Waals surface area contributed by atoms with Crippen molar-refractivity contribution in [3.8, 4) is 0 Å². The lowest BCUT2D eigenvalue weighted by molar-refractivity contribution is -0.132. The molecule has 2 aromatic rings. The molecule has 0 saturated carbocycles. The summed E-state index contributed by atoms with van der Waals surface area (Å²) in [5.74, 6) is -0.742. The van der Waals surface area contributed by atoms with Gasteiger partial charge in [-0.1, -0.05) is 32.9 Å². The zero-order chi connectivity index (χ0) is 25.4. The van der Waals surface area contributed by atoms with Crippen molar-refractivity contribution in [2.24, 2.45) is 12.5 Å². The third-order valence-electron chi connectivity index (χ3n) is 6.58. The van der Waals surface area contributed by atoms with Crippen molar-refractivity contribution in [2.75, 3.05) is 25.5 Å². The van der Waals surface area contributed by atoms with E-state index in [1.54, 1.807) is 46.5 Å². The Labute approximate surface area is 200 Å². The van der Waals surface area contributed by atoms with Gasteiger partial charge in [-0.25, -0.2) is 4.39 Å². The van der Waals surface area contributed by atoms with Crippen LogP contribution in [-0.2, 0) is 29.5 Å². The van der Waals surface area contributed by atoms with Crippen LogP contribution in [0.5, 0.6) is 0 Å². The maximum Gasteiger partial charge on any atom is 0.254 e. The predicted octanol–water partition coefficient (Wildman–Crippen LogP) is 2.49. The maximum absolute atomic E-state index is 13.8. The molecular formula is C26H35FN4O3. The number of benzene rings is 1. The Morgan fingerprint density at radius 1 is 1.18 bits per heavy atom. The van der Waals surface area contributed by atoms with Gasteiger partial charge in [0.2, 0.25) is 11.8 Å². The Morgan fingerprint density at radius 2 is 1.79 bits per heavy atom. The van der Waals surface area contributed by atoms with Crippen molar-refractivity contribution in [3.63, 3.8) is 0 Å². The molecule has 2 atom stereocenters. The highest BCUT2D eigenvalue weighted by Gasteiger charge is 2.39. The van der Waals surface area contributed by atoms with E-state index in [4.69, 9.17) is 0 Å². The number of fused-ring (bicyclic) bond motifs is 1. The van der Waals surface area contributed by atoms with E-state index in [0.29, 0.717) is 30.6 Å². The summed E-state index contributed by atoms with van der Waals surface area (Å²) in [6.07, 6.45) is 0.893. The van der Waals surface area contributed by atoms with Crippen LogP contribution in [0.25, 0.3) is 0 Å². The number of rotatable bonds is 6. The zero-order valence-electron chi connectivity index (χ0n) is 21.1. The Kier molecular flexibility index (Phi) is 7.31. The first-order valence-corrected chi connectivity index (χ1v) is 11.6. The summed E-state index contributed by atoms with van der Waals surface area (Å²) < 4.78 is 14.9. The minimum Gasteiger partial charge on any atom is -0.342 e. The van der Waals surface area contributed by atoms with Crippen molar-refractivity contribution < 1.29 is 14.0 Å². The average molecular weight is 471 g/mol. The first kappa shape index (κ1) is 25.6. The highest BCUT2D eigenvalue weighted by Crippen LogP contribution is 2.31. The summed E-state index contributed by atoms with van der Waals surface area (Å²) in [6.45, 7) is 8.00. The van der Waals surface area contributed by atoms with Gasteiger partial charge in [0.25, 0.3) is 5.56 Å². The van der Waals surface area contributed by atoms with Crippen LogP contribution < -0.4 is 15.8 Å². The van der Waals surface area contributed by atoms with Crippen LogP contribution in [0, 0.1) is 11.2 Å². The molecule has 1 aliphatic rings. The molecule has 0 fully saturated rings. The molecule has 0 aliphatic carbocycles. The molecule has 184 valence electrons. The third kappa shape index (κ3) is 5.22. The van der Waals surface area contributed by atoms with Crippen molar-refractivity contribution >= 4 is 17.5 Å². The molecule has 7 nitrogen and oxygen atoms in total. The number of pyridine rings is 1. The van der Waals surface area contributed by atoms with E-state index in [1.165, 1.54) is 12.1 Å². The first-order chi connectivity index (χ1) is 15.8. The Bertz CT molecular complexity index is 1130. The lowest BCUT2D eigenvalue weighted by atomic mass is 9.85. The fourth-order valence-electron chi connectivity index (χ4n) is 4.17. The highest BCUT2D eigenvalue weighted by atomic mass is 19.1. The molecule has 2 amide bonds. The SMILES string of the molecule is C[C@@H](C(=O)N[C@H](C(=O)N1CCc2c1cc(Cc1ccc(F)cc1)c(=O)n2C)C(C)(C)C)N(C)C. The zero-order valence-corrected chi connectivity index (χ0v) is 21.1. The van der Waals surface area contributed by atoms with Crippen molar-refractivity contribution in [1.29, 1.82) is 0 Å². The molecule has 8 heteroatoms. The minimum atomic E-state index is -0.730. The van der Waals surface area contributed by atoms with E-state index in [0.717, 1.165) is 11.3 Å². The van der Waals surface area contributed by atoms with Gasteiger partial charge in [0.05, 0.1) is 11.7 Å². The number of nitrogens with zero attached hydrogens (tertiary/aromatic N) is 3. The first-order valence-electron chi connectivity index (χ1n) is 11.6. The smallest absolute Gasteiger partial charge is 0.254 e. The van der Waals surface area contributed by atoms with Gasteiger partial charge in [-0.3, -0.25) is 19.3 Å². The van der Waals surface area contributed by atoms with Gasteiger partial charge < -0.3 is 14.8 Å². The quantitative estimate of drug-likeness (QED) is 0.704. The number of amides is 2. The monoisotopic (exact) mass is 470 g/mol. The van der Waals surface area contributed by atoms with E-state index in [1.807, 2.05) is 34.9 Å². The number of anilines is 1. The standard InChI is InChI=1S/C26H35FN4O3/c1-16(29(5)6)23(32)28-22(26(2,3)4)25(34)31-13-12-20-21(31)15-18(24(33)30(20)7)14-17-8-10-19(27)11-9-17/h8-11,15-16,22H,12-14H2,1-7H3,(H,28,32)/t16-,22+/m0/s1. The van der Waals surface area contributed by atoms with Crippen LogP contribution in [-0.4, -0.2) is 54.0 Å². The number of hydrogen-bond donors (Lipinski definition) is 1. The normalized spacial score (nSPS) is 15.3. The Hall–Kier alpha value is -3.00. The van der Waals surface area contributed by atoms with Gasteiger partial charge >= 0.3 is 0 Å². The molecule has 1 aromatic heterocycles. The highest BCUT2D eigenvalue weighted by molar-refractivity contribution is 6.01. The number of nitrogens with one attached hydrogen (secondary N) is 1. The number of aromatic nitrogens is 1. The summed E-state index contributed by atoms with van der Waals surface area (Å²) in [7, 11) is 5.35. The summed E-state index contributed by atoms with van der Waals surface area (Å²) in [5, 5.41) is 2.96. The summed E-state index contributed by atoms with van der Waals surface area (Å²) >= 11 is 0. The number of carbonyl (C=O) groups excluding carboxylic acids is 2. The van der Waals surface area contributed by atoms with Crippen LogP contribution in [0.4, 0.5) is 10.1 Å². The maximum atomic E-state index is 13.8. The summed E-state index contributed by atoms with van der Waals surface area (Å²) in [6, 6.07) is 6.71. The molecule has 34 heavy (non-hydrogen) atoms. The van der Waals surface area contributed by atoms with E-state index >= 15 is 0 Å². The van der Waals surface area contributed by atoms with Gasteiger partial charge in [-0.05, 0) is 50.2 Å². The summed E-state index contributed by atoms with van der Waals surface area (Å²) in [4.78, 5) is 43.0. The van der Waals surface area contributed by atoms with Crippen LogP contribution in [0.2, 0.25) is 0 Å². The lowest BCUT2D eigenvalue weighted by Crippen LogP contribution is -2.57. The molecule has 1 N–H and O–H groups in total. The topological polar surface area (TPSA) is 74.6 Å². The molecule has 3 rings (SSSR count). The number of likely N-dealkylation sites (N-methyl/N-ethyl adjacent to an activating group) is 1. The number of carbonyl (C=O) groups is 2. The largest absolute Gasteiger partial charge is 0.342 e. The van der Waals surface area contributed by atoms with Crippen molar-refractivity contribution in [2.45, 2.75) is 52.6 Å². The second kappa shape index (κ2) is 9.70. The van der Waals surface area contributed by atoms with Gasteiger partial charge in [0.1, 0.15) is 11.9 Å². The van der Waals surface area contributed by atoms with Crippen LogP contribution >= 0.6 is 0 Å². The van der Waals surface area contributed by atoms with E-state index in [2.05, 4.69) is 5.32 Å². The van der Waals surface area contributed by atoms with Crippen LogP contribution in [0.15, 0.2) is 35.1 Å². The molecule has 2 heterocycles. The Balaban J connectivity index is 1.95. The lowest BCUT2D eigenvalue weighted by Gasteiger charge is -2.35. The van der Waals surface area contributed by atoms with Gasteiger partial charge in [0.15, 0.2) is 0 Å². The second-order valence-corrected chi connectivity index (χ2v) is 10.4. The van der Waals surface area contributed by atoms with E-state index < -0.39 is 11.5 Å². The van der Waals surface area contributed by atoms with Crippen LogP contribution in [0.3, 0.4) is 0 Å². The molecule has 0 unspecified atom stereocenters. The number of hydrogen-bond acceptors (Lipinski definition) is 4.